The number of nitrogens with zero attached hydrogens (tertiary/aromatic N) is 2. The molecule has 2 N–H and O–H groups in total. The number of anilines is 2. The fourth-order valence-corrected chi connectivity index (χ4v) is 2.19. The number of benzene rings is 1. The van der Waals surface area contributed by atoms with Gasteiger partial charge in [0.1, 0.15) is 5.69 Å². The van der Waals surface area contributed by atoms with Crippen LogP contribution < -0.4 is 10.6 Å². The molecule has 6 heteroatoms. The highest BCUT2D eigenvalue weighted by atomic mass is 35.5. The maximum Gasteiger partial charge on any atom is 0.274 e. The van der Waals surface area contributed by atoms with Crippen molar-refractivity contribution in [3.05, 3.63) is 83.4 Å². The third-order valence-corrected chi connectivity index (χ3v) is 3.60. The van der Waals surface area contributed by atoms with E-state index in [-0.39, 0.29) is 5.91 Å². The SMILES string of the molecule is O=C(Nc1ccc(Cl)cc1)c1ccc(NCc2ccncc2)cn1. The Morgan fingerprint density at radius 2 is 1.67 bits per heavy atom. The number of hydrogen-bond donors (Lipinski definition) is 2. The lowest BCUT2D eigenvalue weighted by molar-refractivity contribution is 0.102. The highest BCUT2D eigenvalue weighted by Crippen LogP contribution is 2.15. The zero-order chi connectivity index (χ0) is 16.8. The molecule has 2 aromatic heterocycles. The summed E-state index contributed by atoms with van der Waals surface area (Å²) in [4.78, 5) is 20.3. The summed E-state index contributed by atoms with van der Waals surface area (Å²) in [5, 5.41) is 6.64. The first kappa shape index (κ1) is 16.0. The molecule has 0 bridgehead atoms. The minimum Gasteiger partial charge on any atom is -0.380 e. The van der Waals surface area contributed by atoms with Gasteiger partial charge in [0.25, 0.3) is 5.91 Å². The van der Waals surface area contributed by atoms with Gasteiger partial charge in [0.2, 0.25) is 0 Å². The zero-order valence-electron chi connectivity index (χ0n) is 12.7. The first-order valence-corrected chi connectivity index (χ1v) is 7.74. The van der Waals surface area contributed by atoms with E-state index in [1.54, 1.807) is 48.9 Å². The van der Waals surface area contributed by atoms with Gasteiger partial charge < -0.3 is 10.6 Å². The van der Waals surface area contributed by atoms with Crippen molar-refractivity contribution in [1.82, 2.24) is 9.97 Å². The molecule has 0 aliphatic rings. The molecular weight excluding hydrogens is 324 g/mol. The summed E-state index contributed by atoms with van der Waals surface area (Å²) in [5.41, 5.74) is 2.98. The number of amides is 1. The Balaban J connectivity index is 1.59. The van der Waals surface area contributed by atoms with Gasteiger partial charge in [-0.3, -0.25) is 9.78 Å². The Morgan fingerprint density at radius 1 is 0.958 bits per heavy atom. The number of carbonyl (C=O) groups excluding carboxylic acids is 1. The summed E-state index contributed by atoms with van der Waals surface area (Å²) in [7, 11) is 0. The van der Waals surface area contributed by atoms with Gasteiger partial charge in [-0.2, -0.15) is 0 Å². The standard InChI is InChI=1S/C18H15ClN4O/c19-14-1-3-15(4-2-14)23-18(24)17-6-5-16(12-22-17)21-11-13-7-9-20-10-8-13/h1-10,12,21H,11H2,(H,23,24). The molecule has 1 amide bonds. The summed E-state index contributed by atoms with van der Waals surface area (Å²) in [6.45, 7) is 0.667. The summed E-state index contributed by atoms with van der Waals surface area (Å²) in [6.07, 6.45) is 5.14. The lowest BCUT2D eigenvalue weighted by atomic mass is 10.2. The van der Waals surface area contributed by atoms with Gasteiger partial charge >= 0.3 is 0 Å². The summed E-state index contributed by atoms with van der Waals surface area (Å²) < 4.78 is 0. The van der Waals surface area contributed by atoms with E-state index in [4.69, 9.17) is 11.6 Å². The number of carbonyl (C=O) groups is 1. The molecule has 0 unspecified atom stereocenters. The molecule has 0 spiro atoms. The topological polar surface area (TPSA) is 66.9 Å². The van der Waals surface area contributed by atoms with Gasteiger partial charge in [0.05, 0.1) is 11.9 Å². The van der Waals surface area contributed by atoms with Crippen molar-refractivity contribution in [1.29, 1.82) is 0 Å². The zero-order valence-corrected chi connectivity index (χ0v) is 13.5. The number of pyridine rings is 2. The van der Waals surface area contributed by atoms with E-state index in [2.05, 4.69) is 20.6 Å². The molecule has 24 heavy (non-hydrogen) atoms. The Kier molecular flexibility index (Phi) is 5.03. The predicted octanol–water partition coefficient (Wildman–Crippen LogP) is 3.99. The molecule has 3 rings (SSSR count). The summed E-state index contributed by atoms with van der Waals surface area (Å²) in [5.74, 6) is -0.266. The molecule has 0 aliphatic carbocycles. The highest BCUT2D eigenvalue weighted by molar-refractivity contribution is 6.30. The minimum absolute atomic E-state index is 0.266. The molecule has 0 saturated heterocycles. The van der Waals surface area contributed by atoms with Crippen molar-refractivity contribution in [2.75, 3.05) is 10.6 Å². The van der Waals surface area contributed by atoms with E-state index in [9.17, 15) is 4.79 Å². The van der Waals surface area contributed by atoms with Crippen molar-refractivity contribution in [3.63, 3.8) is 0 Å². The number of aromatic nitrogens is 2. The molecular formula is C18H15ClN4O. The van der Waals surface area contributed by atoms with Crippen LogP contribution in [0.25, 0.3) is 0 Å². The molecule has 120 valence electrons. The van der Waals surface area contributed by atoms with Crippen LogP contribution in [0.2, 0.25) is 5.02 Å². The average molecular weight is 339 g/mol. The number of nitrogens with one attached hydrogen (secondary N) is 2. The minimum atomic E-state index is -0.266. The van der Waals surface area contributed by atoms with Gasteiger partial charge in [-0.1, -0.05) is 11.6 Å². The van der Waals surface area contributed by atoms with Crippen LogP contribution in [-0.2, 0) is 6.54 Å². The van der Waals surface area contributed by atoms with Crippen LogP contribution in [0.15, 0.2) is 67.1 Å². The van der Waals surface area contributed by atoms with E-state index in [0.29, 0.717) is 22.9 Å². The number of rotatable bonds is 5. The maximum atomic E-state index is 12.2. The first-order chi connectivity index (χ1) is 11.7. The predicted molar refractivity (Wildman–Crippen MR) is 95.2 cm³/mol. The van der Waals surface area contributed by atoms with Crippen molar-refractivity contribution < 1.29 is 4.79 Å². The molecule has 0 saturated carbocycles. The van der Waals surface area contributed by atoms with Crippen molar-refractivity contribution >= 4 is 28.9 Å². The normalized spacial score (nSPS) is 10.2. The molecule has 0 aliphatic heterocycles. The first-order valence-electron chi connectivity index (χ1n) is 7.36. The van der Waals surface area contributed by atoms with Crippen molar-refractivity contribution in [2.24, 2.45) is 0 Å². The van der Waals surface area contributed by atoms with Gasteiger partial charge in [-0.05, 0) is 54.1 Å². The Morgan fingerprint density at radius 3 is 2.33 bits per heavy atom. The molecule has 3 aromatic rings. The summed E-state index contributed by atoms with van der Waals surface area (Å²) in [6, 6.07) is 14.3. The summed E-state index contributed by atoms with van der Waals surface area (Å²) >= 11 is 5.82. The van der Waals surface area contributed by atoms with Gasteiger partial charge in [-0.15, -0.1) is 0 Å². The molecule has 0 radical (unpaired) electrons. The van der Waals surface area contributed by atoms with Crippen LogP contribution in [0, 0.1) is 0 Å². The molecule has 0 atom stereocenters. The van der Waals surface area contributed by atoms with Crippen molar-refractivity contribution in [3.8, 4) is 0 Å². The lowest BCUT2D eigenvalue weighted by Crippen LogP contribution is -2.13. The van der Waals surface area contributed by atoms with E-state index in [1.807, 2.05) is 18.2 Å². The largest absolute Gasteiger partial charge is 0.380 e. The Bertz CT molecular complexity index is 805. The Hall–Kier alpha value is -2.92. The molecule has 2 heterocycles. The quantitative estimate of drug-likeness (QED) is 0.738. The second-order valence-electron chi connectivity index (χ2n) is 5.10. The van der Waals surface area contributed by atoms with Crippen LogP contribution >= 0.6 is 11.6 Å². The average Bonchev–Trinajstić information content (AvgIpc) is 2.63. The second-order valence-corrected chi connectivity index (χ2v) is 5.54. The van der Waals surface area contributed by atoms with Crippen LogP contribution in [0.1, 0.15) is 16.1 Å². The number of hydrogen-bond acceptors (Lipinski definition) is 4. The van der Waals surface area contributed by atoms with Crippen molar-refractivity contribution in [2.45, 2.75) is 6.54 Å². The van der Waals surface area contributed by atoms with Crippen LogP contribution in [0.4, 0.5) is 11.4 Å². The third kappa shape index (κ3) is 4.30. The van der Waals surface area contributed by atoms with Crippen LogP contribution in [0.5, 0.6) is 0 Å². The van der Waals surface area contributed by atoms with Gasteiger partial charge in [0, 0.05) is 29.6 Å². The monoisotopic (exact) mass is 338 g/mol. The Labute approximate surface area is 144 Å². The molecule has 5 nitrogen and oxygen atoms in total. The third-order valence-electron chi connectivity index (χ3n) is 3.34. The fourth-order valence-electron chi connectivity index (χ4n) is 2.07. The van der Waals surface area contributed by atoms with Crippen LogP contribution in [-0.4, -0.2) is 15.9 Å². The lowest BCUT2D eigenvalue weighted by Gasteiger charge is -2.08. The van der Waals surface area contributed by atoms with Gasteiger partial charge in [-0.25, -0.2) is 4.98 Å². The van der Waals surface area contributed by atoms with E-state index in [0.717, 1.165) is 11.3 Å². The van der Waals surface area contributed by atoms with E-state index in [1.165, 1.54) is 0 Å². The van der Waals surface area contributed by atoms with E-state index >= 15 is 0 Å². The molecule has 0 fully saturated rings. The van der Waals surface area contributed by atoms with E-state index < -0.39 is 0 Å². The second kappa shape index (κ2) is 7.57. The highest BCUT2D eigenvalue weighted by Gasteiger charge is 2.07. The fraction of sp³-hybridized carbons (Fsp3) is 0.0556. The molecule has 1 aromatic carbocycles. The smallest absolute Gasteiger partial charge is 0.274 e. The van der Waals surface area contributed by atoms with Gasteiger partial charge in [0.15, 0.2) is 0 Å². The maximum absolute atomic E-state index is 12.2. The van der Waals surface area contributed by atoms with Crippen LogP contribution in [0.3, 0.4) is 0 Å². The number of halogens is 1.